The summed E-state index contributed by atoms with van der Waals surface area (Å²) < 4.78 is 32.5. The van der Waals surface area contributed by atoms with E-state index in [2.05, 4.69) is 5.32 Å². The summed E-state index contributed by atoms with van der Waals surface area (Å²) in [4.78, 5) is 25.3. The molecule has 1 atom stereocenters. The van der Waals surface area contributed by atoms with Gasteiger partial charge in [0.2, 0.25) is 5.91 Å². The predicted molar refractivity (Wildman–Crippen MR) is 119 cm³/mol. The summed E-state index contributed by atoms with van der Waals surface area (Å²) in [7, 11) is -3.74. The van der Waals surface area contributed by atoms with Gasteiger partial charge in [0.1, 0.15) is 20.2 Å². The highest BCUT2D eigenvalue weighted by atomic mass is 35.5. The fraction of sp³-hybridized carbons (Fsp3) is 0.421. The Hall–Kier alpha value is -1.97. The zero-order valence-electron chi connectivity index (χ0n) is 16.8. The van der Waals surface area contributed by atoms with Crippen molar-refractivity contribution in [2.24, 2.45) is 5.92 Å². The second-order valence-corrected chi connectivity index (χ2v) is 11.7. The van der Waals surface area contributed by atoms with Gasteiger partial charge >= 0.3 is 5.97 Å². The number of hydrogen-bond donors (Lipinski definition) is 1. The predicted octanol–water partition coefficient (Wildman–Crippen LogP) is 3.86. The zero-order valence-corrected chi connectivity index (χ0v) is 20.0. The van der Waals surface area contributed by atoms with E-state index in [1.807, 2.05) is 6.07 Å². The Morgan fingerprint density at radius 1 is 1.39 bits per heavy atom. The van der Waals surface area contributed by atoms with Crippen LogP contribution in [0.25, 0.3) is 0 Å². The Bertz CT molecular complexity index is 1150. The van der Waals surface area contributed by atoms with Gasteiger partial charge in [-0.05, 0) is 44.4 Å². The van der Waals surface area contributed by atoms with Crippen molar-refractivity contribution in [3.8, 4) is 6.07 Å². The third kappa shape index (κ3) is 4.94. The number of piperidine rings is 1. The second kappa shape index (κ2) is 9.67. The lowest BCUT2D eigenvalue weighted by atomic mass is 9.99. The smallest absolute Gasteiger partial charge is 0.348 e. The zero-order chi connectivity index (χ0) is 22.8. The molecule has 0 bridgehead atoms. The molecule has 1 aliphatic heterocycles. The molecule has 1 amide bonds. The van der Waals surface area contributed by atoms with Gasteiger partial charge in [-0.3, -0.25) is 4.79 Å². The number of amides is 1. The molecule has 3 rings (SSSR count). The number of hydrogen-bond acceptors (Lipinski definition) is 8. The van der Waals surface area contributed by atoms with Crippen molar-refractivity contribution in [2.75, 3.05) is 25.0 Å². The quantitative estimate of drug-likeness (QED) is 0.600. The molecule has 3 heterocycles. The number of nitrogens with one attached hydrogen (secondary N) is 1. The van der Waals surface area contributed by atoms with Crippen molar-refractivity contribution < 1.29 is 22.7 Å². The maximum Gasteiger partial charge on any atom is 0.348 e. The average Bonchev–Trinajstić information content (AvgIpc) is 3.31. The van der Waals surface area contributed by atoms with Crippen LogP contribution in [-0.2, 0) is 19.6 Å². The van der Waals surface area contributed by atoms with E-state index in [-0.39, 0.29) is 32.8 Å². The second-order valence-electron chi connectivity index (χ2n) is 6.84. The number of thiophene rings is 2. The van der Waals surface area contributed by atoms with Crippen LogP contribution in [0, 0.1) is 24.2 Å². The molecular formula is C19H20ClN3O5S3. The van der Waals surface area contributed by atoms with E-state index in [0.717, 1.165) is 22.7 Å². The fourth-order valence-corrected chi connectivity index (χ4v) is 7.49. The largest absolute Gasteiger partial charge is 0.462 e. The molecule has 0 aromatic carbocycles. The van der Waals surface area contributed by atoms with Crippen molar-refractivity contribution >= 4 is 61.2 Å². The minimum atomic E-state index is -3.74. The number of nitrogens with zero attached hydrogens (tertiary/aromatic N) is 2. The Labute approximate surface area is 193 Å². The van der Waals surface area contributed by atoms with Gasteiger partial charge in [0.25, 0.3) is 10.0 Å². The summed E-state index contributed by atoms with van der Waals surface area (Å²) in [5.41, 5.74) is 0.651. The van der Waals surface area contributed by atoms with Crippen molar-refractivity contribution in [2.45, 2.75) is 30.9 Å². The average molecular weight is 502 g/mol. The molecule has 2 aromatic rings. The van der Waals surface area contributed by atoms with Gasteiger partial charge in [-0.25, -0.2) is 13.2 Å². The molecule has 1 N–H and O–H groups in total. The van der Waals surface area contributed by atoms with Gasteiger partial charge in [0.15, 0.2) is 0 Å². The molecule has 12 heteroatoms. The highest BCUT2D eigenvalue weighted by Gasteiger charge is 2.35. The van der Waals surface area contributed by atoms with Gasteiger partial charge in [-0.2, -0.15) is 9.57 Å². The maximum atomic E-state index is 12.9. The Balaban J connectivity index is 1.77. The number of nitriles is 1. The SMILES string of the molecule is CCOC(=O)c1sc(NC(=O)C2CCCN(S(=O)(=O)c3ccc(Cl)s3)C2)c(C#N)c1C. The van der Waals surface area contributed by atoms with Crippen molar-refractivity contribution in [1.82, 2.24) is 4.31 Å². The third-order valence-corrected chi connectivity index (χ3v) is 9.60. The van der Waals surface area contributed by atoms with Gasteiger partial charge in [0.05, 0.1) is 22.4 Å². The summed E-state index contributed by atoms with van der Waals surface area (Å²) in [6, 6.07) is 5.00. The molecule has 0 radical (unpaired) electrons. The topological polar surface area (TPSA) is 117 Å². The summed E-state index contributed by atoms with van der Waals surface area (Å²) in [6.07, 6.45) is 1.04. The van der Waals surface area contributed by atoms with Crippen LogP contribution in [0.5, 0.6) is 0 Å². The van der Waals surface area contributed by atoms with Crippen LogP contribution in [0.2, 0.25) is 4.34 Å². The number of carbonyl (C=O) groups excluding carboxylic acids is 2. The molecular weight excluding hydrogens is 482 g/mol. The number of carbonyl (C=O) groups is 2. The molecule has 0 spiro atoms. The standard InChI is InChI=1S/C19H20ClN3O5S3/c1-3-28-19(25)16-11(2)13(9-21)18(30-16)22-17(24)12-5-4-8-23(10-12)31(26,27)15-7-6-14(20)29-15/h6-7,12H,3-5,8,10H2,1-2H3,(H,22,24). The Morgan fingerprint density at radius 3 is 2.74 bits per heavy atom. The van der Waals surface area contributed by atoms with Crippen LogP contribution in [0.4, 0.5) is 5.00 Å². The summed E-state index contributed by atoms with van der Waals surface area (Å²) in [5, 5.41) is 12.5. The number of esters is 1. The first-order valence-corrected chi connectivity index (χ1v) is 12.9. The van der Waals surface area contributed by atoms with Gasteiger partial charge < -0.3 is 10.1 Å². The van der Waals surface area contributed by atoms with Crippen LogP contribution in [0.1, 0.15) is 40.6 Å². The van der Waals surface area contributed by atoms with Gasteiger partial charge in [-0.15, -0.1) is 22.7 Å². The Morgan fingerprint density at radius 2 is 2.13 bits per heavy atom. The normalized spacial score (nSPS) is 17.2. The summed E-state index contributed by atoms with van der Waals surface area (Å²) >= 11 is 7.83. The van der Waals surface area contributed by atoms with Crippen LogP contribution >= 0.6 is 34.3 Å². The molecule has 8 nitrogen and oxygen atoms in total. The molecule has 31 heavy (non-hydrogen) atoms. The maximum absolute atomic E-state index is 12.9. The lowest BCUT2D eigenvalue weighted by Crippen LogP contribution is -2.43. The minimum absolute atomic E-state index is 0.0284. The van der Waals surface area contributed by atoms with Gasteiger partial charge in [0, 0.05) is 13.1 Å². The molecule has 0 saturated carbocycles. The number of rotatable bonds is 6. The van der Waals surface area contributed by atoms with E-state index in [4.69, 9.17) is 16.3 Å². The van der Waals surface area contributed by atoms with Crippen LogP contribution in [0.3, 0.4) is 0 Å². The molecule has 1 aliphatic rings. The molecule has 1 saturated heterocycles. The van der Waals surface area contributed by atoms with Crippen molar-refractivity contribution in [3.63, 3.8) is 0 Å². The first-order chi connectivity index (χ1) is 14.7. The summed E-state index contributed by atoms with van der Waals surface area (Å²) in [6.45, 7) is 3.85. The fourth-order valence-electron chi connectivity index (χ4n) is 3.28. The highest BCUT2D eigenvalue weighted by Crippen LogP contribution is 2.35. The lowest BCUT2D eigenvalue weighted by Gasteiger charge is -2.30. The third-order valence-electron chi connectivity index (χ3n) is 4.85. The monoisotopic (exact) mass is 501 g/mol. The number of ether oxygens (including phenoxy) is 1. The minimum Gasteiger partial charge on any atom is -0.462 e. The molecule has 1 fully saturated rings. The number of halogens is 1. The van der Waals surface area contributed by atoms with Crippen molar-refractivity contribution in [1.29, 1.82) is 5.26 Å². The van der Waals surface area contributed by atoms with Crippen LogP contribution in [-0.4, -0.2) is 44.3 Å². The first-order valence-electron chi connectivity index (χ1n) is 9.46. The van der Waals surface area contributed by atoms with E-state index in [1.54, 1.807) is 13.8 Å². The molecule has 0 aliphatic carbocycles. The highest BCUT2D eigenvalue weighted by molar-refractivity contribution is 7.91. The van der Waals surface area contributed by atoms with Crippen LogP contribution in [0.15, 0.2) is 16.3 Å². The molecule has 2 aromatic heterocycles. The molecule has 1 unspecified atom stereocenters. The summed E-state index contributed by atoms with van der Waals surface area (Å²) in [5.74, 6) is -1.53. The van der Waals surface area contributed by atoms with E-state index in [9.17, 15) is 23.3 Å². The first kappa shape index (κ1) is 23.7. The van der Waals surface area contributed by atoms with E-state index in [0.29, 0.717) is 29.3 Å². The number of sulfonamides is 1. The molecule has 166 valence electrons. The van der Waals surface area contributed by atoms with Gasteiger partial charge in [-0.1, -0.05) is 11.6 Å². The van der Waals surface area contributed by atoms with E-state index in [1.165, 1.54) is 16.4 Å². The van der Waals surface area contributed by atoms with E-state index >= 15 is 0 Å². The number of anilines is 1. The van der Waals surface area contributed by atoms with Crippen molar-refractivity contribution in [3.05, 3.63) is 32.5 Å². The Kier molecular flexibility index (Phi) is 7.39. The van der Waals surface area contributed by atoms with E-state index < -0.39 is 27.8 Å². The lowest BCUT2D eigenvalue weighted by molar-refractivity contribution is -0.120. The van der Waals surface area contributed by atoms with Crippen LogP contribution < -0.4 is 5.32 Å².